The van der Waals surface area contributed by atoms with Crippen LogP contribution in [0, 0.1) is 11.8 Å². The van der Waals surface area contributed by atoms with E-state index in [0.29, 0.717) is 36.1 Å². The van der Waals surface area contributed by atoms with E-state index in [9.17, 15) is 9.59 Å². The van der Waals surface area contributed by atoms with Crippen molar-refractivity contribution in [3.8, 4) is 0 Å². The quantitative estimate of drug-likeness (QED) is 0.677. The maximum absolute atomic E-state index is 12.5. The monoisotopic (exact) mass is 385 g/mol. The summed E-state index contributed by atoms with van der Waals surface area (Å²) in [5, 5.41) is 11.3. The lowest BCUT2D eigenvalue weighted by atomic mass is 9.85. The van der Waals surface area contributed by atoms with Crippen LogP contribution in [0.3, 0.4) is 0 Å². The number of benzene rings is 1. The van der Waals surface area contributed by atoms with Crippen LogP contribution in [0.15, 0.2) is 41.8 Å². The smallest absolute Gasteiger partial charge is 0.229 e. The fourth-order valence-electron chi connectivity index (χ4n) is 3.49. The Morgan fingerprint density at radius 1 is 1.15 bits per heavy atom. The molecule has 2 unspecified atom stereocenters. The van der Waals surface area contributed by atoms with Gasteiger partial charge in [0.05, 0.1) is 17.8 Å². The third-order valence-electron chi connectivity index (χ3n) is 5.04. The molecule has 1 aromatic heterocycles. The predicted octanol–water partition coefficient (Wildman–Crippen LogP) is 3.89. The Kier molecular flexibility index (Phi) is 7.01. The van der Waals surface area contributed by atoms with Gasteiger partial charge in [0.25, 0.3) is 0 Å². The highest BCUT2D eigenvalue weighted by atomic mass is 32.1. The van der Waals surface area contributed by atoms with Crippen molar-refractivity contribution in [1.82, 2.24) is 5.32 Å². The van der Waals surface area contributed by atoms with Crippen molar-refractivity contribution in [2.24, 2.45) is 11.8 Å². The highest BCUT2D eigenvalue weighted by molar-refractivity contribution is 7.10. The average Bonchev–Trinajstić information content (AvgIpc) is 3.17. The molecule has 1 aliphatic heterocycles. The zero-order valence-electron chi connectivity index (χ0n) is 15.7. The summed E-state index contributed by atoms with van der Waals surface area (Å²) in [6, 6.07) is 11.2. The van der Waals surface area contributed by atoms with Crippen LogP contribution in [0.4, 0.5) is 11.4 Å². The molecule has 2 heterocycles. The van der Waals surface area contributed by atoms with E-state index in [0.717, 1.165) is 18.0 Å². The van der Waals surface area contributed by atoms with Crippen LogP contribution >= 0.6 is 11.3 Å². The standard InChI is InChI=1S/C21H27N3O2S/c1-15(16-6-4-10-22-14-16)12-20(25)23-18-8-2-3-9-19(18)24-21(26)13-17-7-5-11-27-17/h2-3,5,7-9,11,15-16,22H,4,6,10,12-14H2,1H3,(H,23,25)(H,24,26). The van der Waals surface area contributed by atoms with Crippen LogP contribution in [0.2, 0.25) is 0 Å². The van der Waals surface area contributed by atoms with Gasteiger partial charge in [0.1, 0.15) is 0 Å². The van der Waals surface area contributed by atoms with Gasteiger partial charge in [-0.15, -0.1) is 11.3 Å². The van der Waals surface area contributed by atoms with E-state index >= 15 is 0 Å². The van der Waals surface area contributed by atoms with Crippen molar-refractivity contribution in [3.63, 3.8) is 0 Å². The Hall–Kier alpha value is -2.18. The van der Waals surface area contributed by atoms with E-state index in [1.165, 1.54) is 12.8 Å². The van der Waals surface area contributed by atoms with Gasteiger partial charge in [-0.2, -0.15) is 0 Å². The molecule has 0 bridgehead atoms. The topological polar surface area (TPSA) is 70.2 Å². The number of nitrogens with one attached hydrogen (secondary N) is 3. The fraction of sp³-hybridized carbons (Fsp3) is 0.429. The van der Waals surface area contributed by atoms with Gasteiger partial charge < -0.3 is 16.0 Å². The van der Waals surface area contributed by atoms with Crippen LogP contribution < -0.4 is 16.0 Å². The van der Waals surface area contributed by atoms with Crippen molar-refractivity contribution in [2.45, 2.75) is 32.6 Å². The van der Waals surface area contributed by atoms with Crippen LogP contribution in [0.25, 0.3) is 0 Å². The van der Waals surface area contributed by atoms with Crippen molar-refractivity contribution in [1.29, 1.82) is 0 Å². The Labute approximate surface area is 164 Å². The second-order valence-corrected chi connectivity index (χ2v) is 8.22. The number of hydrogen-bond acceptors (Lipinski definition) is 4. The molecule has 0 saturated carbocycles. The molecule has 144 valence electrons. The molecular formula is C21H27N3O2S. The second-order valence-electron chi connectivity index (χ2n) is 7.19. The molecule has 2 aromatic rings. The Morgan fingerprint density at radius 3 is 2.52 bits per heavy atom. The van der Waals surface area contributed by atoms with Crippen molar-refractivity contribution in [2.75, 3.05) is 23.7 Å². The molecule has 1 aliphatic rings. The van der Waals surface area contributed by atoms with Crippen LogP contribution in [-0.4, -0.2) is 24.9 Å². The summed E-state index contributed by atoms with van der Waals surface area (Å²) in [6.07, 6.45) is 3.18. The third-order valence-corrected chi connectivity index (χ3v) is 5.91. The number of hydrogen-bond donors (Lipinski definition) is 3. The van der Waals surface area contributed by atoms with Gasteiger partial charge in [0, 0.05) is 11.3 Å². The number of carbonyl (C=O) groups is 2. The van der Waals surface area contributed by atoms with Crippen molar-refractivity contribution < 1.29 is 9.59 Å². The molecule has 1 fully saturated rings. The lowest BCUT2D eigenvalue weighted by Crippen LogP contribution is -2.34. The molecule has 3 rings (SSSR count). The molecule has 1 aromatic carbocycles. The molecule has 2 amide bonds. The largest absolute Gasteiger partial charge is 0.324 e. The van der Waals surface area contributed by atoms with E-state index < -0.39 is 0 Å². The molecule has 2 atom stereocenters. The molecule has 0 radical (unpaired) electrons. The lowest BCUT2D eigenvalue weighted by molar-refractivity contribution is -0.117. The molecule has 1 saturated heterocycles. The summed E-state index contributed by atoms with van der Waals surface area (Å²) < 4.78 is 0. The highest BCUT2D eigenvalue weighted by Gasteiger charge is 2.22. The third kappa shape index (κ3) is 5.91. The van der Waals surface area contributed by atoms with Crippen LogP contribution in [0.5, 0.6) is 0 Å². The Morgan fingerprint density at radius 2 is 1.89 bits per heavy atom. The molecular weight excluding hydrogens is 358 g/mol. The Bertz CT molecular complexity index is 755. The zero-order chi connectivity index (χ0) is 19.1. The number of piperidine rings is 1. The maximum Gasteiger partial charge on any atom is 0.229 e. The van der Waals surface area contributed by atoms with Gasteiger partial charge in [-0.1, -0.05) is 25.1 Å². The number of thiophene rings is 1. The number of amides is 2. The lowest BCUT2D eigenvalue weighted by Gasteiger charge is -2.28. The van der Waals surface area contributed by atoms with E-state index in [-0.39, 0.29) is 11.8 Å². The highest BCUT2D eigenvalue weighted by Crippen LogP contribution is 2.25. The summed E-state index contributed by atoms with van der Waals surface area (Å²) in [5.41, 5.74) is 1.29. The first-order valence-corrected chi connectivity index (χ1v) is 10.4. The number of anilines is 2. The fourth-order valence-corrected chi connectivity index (χ4v) is 4.20. The number of para-hydroxylation sites is 2. The zero-order valence-corrected chi connectivity index (χ0v) is 16.5. The van der Waals surface area contributed by atoms with E-state index in [4.69, 9.17) is 0 Å². The number of carbonyl (C=O) groups excluding carboxylic acids is 2. The van der Waals surface area contributed by atoms with Gasteiger partial charge in [-0.05, 0) is 61.3 Å². The molecule has 0 spiro atoms. The maximum atomic E-state index is 12.5. The van der Waals surface area contributed by atoms with Gasteiger partial charge in [0.15, 0.2) is 0 Å². The van der Waals surface area contributed by atoms with Gasteiger partial charge >= 0.3 is 0 Å². The first-order chi connectivity index (χ1) is 13.1. The van der Waals surface area contributed by atoms with E-state index in [2.05, 4.69) is 22.9 Å². The van der Waals surface area contributed by atoms with Crippen LogP contribution in [0.1, 0.15) is 31.1 Å². The van der Waals surface area contributed by atoms with Crippen molar-refractivity contribution >= 4 is 34.5 Å². The summed E-state index contributed by atoms with van der Waals surface area (Å²) >= 11 is 1.56. The minimum atomic E-state index is -0.0826. The van der Waals surface area contributed by atoms with Gasteiger partial charge in [0.2, 0.25) is 11.8 Å². The summed E-state index contributed by atoms with van der Waals surface area (Å²) in [7, 11) is 0. The minimum absolute atomic E-state index is 0.00645. The van der Waals surface area contributed by atoms with Crippen molar-refractivity contribution in [3.05, 3.63) is 46.7 Å². The molecule has 0 aliphatic carbocycles. The first-order valence-electron chi connectivity index (χ1n) is 9.53. The number of rotatable bonds is 7. The predicted molar refractivity (Wildman–Crippen MR) is 111 cm³/mol. The average molecular weight is 386 g/mol. The van der Waals surface area contributed by atoms with E-state index in [1.54, 1.807) is 11.3 Å². The molecule has 6 heteroatoms. The summed E-state index contributed by atoms with van der Waals surface area (Å²) in [5.74, 6) is 0.789. The van der Waals surface area contributed by atoms with Crippen LogP contribution in [-0.2, 0) is 16.0 Å². The van der Waals surface area contributed by atoms with Gasteiger partial charge in [-0.25, -0.2) is 0 Å². The summed E-state index contributed by atoms with van der Waals surface area (Å²) in [6.45, 7) is 4.21. The molecule has 3 N–H and O–H groups in total. The minimum Gasteiger partial charge on any atom is -0.324 e. The molecule has 27 heavy (non-hydrogen) atoms. The van der Waals surface area contributed by atoms with Gasteiger partial charge in [-0.3, -0.25) is 9.59 Å². The summed E-state index contributed by atoms with van der Waals surface area (Å²) in [4.78, 5) is 25.8. The molecule has 5 nitrogen and oxygen atoms in total. The van der Waals surface area contributed by atoms with E-state index in [1.807, 2.05) is 41.8 Å². The second kappa shape index (κ2) is 9.67. The Balaban J connectivity index is 1.56. The first kappa shape index (κ1) is 19.6. The SMILES string of the molecule is CC(CC(=O)Nc1ccccc1NC(=O)Cc1cccs1)C1CCCNC1. The normalized spacial score (nSPS) is 17.9.